The second-order valence-corrected chi connectivity index (χ2v) is 8.11. The summed E-state index contributed by atoms with van der Waals surface area (Å²) in [6, 6.07) is 18.1. The summed E-state index contributed by atoms with van der Waals surface area (Å²) in [5, 5.41) is 0. The maximum Gasteiger partial charge on any atom is 0.245 e. The zero-order valence-corrected chi connectivity index (χ0v) is 16.5. The molecule has 0 bridgehead atoms. The van der Waals surface area contributed by atoms with Crippen LogP contribution in [-0.4, -0.2) is 35.8 Å². The van der Waals surface area contributed by atoms with Gasteiger partial charge in [-0.2, -0.15) is 0 Å². The van der Waals surface area contributed by atoms with E-state index in [0.29, 0.717) is 18.8 Å². The van der Waals surface area contributed by atoms with E-state index in [1.165, 1.54) is 5.56 Å². The molecule has 146 valence electrons. The number of piperidine rings is 1. The number of nitrogens with zero attached hydrogens (tertiary/aromatic N) is 2. The molecule has 2 heterocycles. The Morgan fingerprint density at radius 3 is 2.32 bits per heavy atom. The maximum absolute atomic E-state index is 13.2. The number of hydrogen-bond acceptors (Lipinski definition) is 2. The fourth-order valence-electron chi connectivity index (χ4n) is 4.46. The molecule has 2 aliphatic heterocycles. The fraction of sp³-hybridized carbons (Fsp3) is 0.417. The monoisotopic (exact) mass is 376 g/mol. The summed E-state index contributed by atoms with van der Waals surface area (Å²) in [6.45, 7) is 3.61. The second-order valence-electron chi connectivity index (χ2n) is 8.11. The Balaban J connectivity index is 1.39. The minimum atomic E-state index is -0.346. The maximum atomic E-state index is 13.2. The quantitative estimate of drug-likeness (QED) is 0.810. The van der Waals surface area contributed by atoms with Crippen LogP contribution in [0.3, 0.4) is 0 Å². The minimum absolute atomic E-state index is 0.0566. The number of likely N-dealkylation sites (tertiary alicyclic amines) is 1. The van der Waals surface area contributed by atoms with Gasteiger partial charge in [0, 0.05) is 25.2 Å². The largest absolute Gasteiger partial charge is 0.341 e. The lowest BCUT2D eigenvalue weighted by atomic mass is 9.90. The Kier molecular flexibility index (Phi) is 5.47. The van der Waals surface area contributed by atoms with Crippen molar-refractivity contribution in [3.63, 3.8) is 0 Å². The minimum Gasteiger partial charge on any atom is -0.341 e. The molecule has 2 aromatic rings. The highest BCUT2D eigenvalue weighted by Crippen LogP contribution is 2.30. The average molecular weight is 377 g/mol. The van der Waals surface area contributed by atoms with Gasteiger partial charge in [-0.15, -0.1) is 0 Å². The number of anilines is 1. The zero-order valence-electron chi connectivity index (χ0n) is 16.5. The molecule has 4 nitrogen and oxygen atoms in total. The van der Waals surface area contributed by atoms with E-state index in [4.69, 9.17) is 0 Å². The lowest BCUT2D eigenvalue weighted by molar-refractivity contribution is -0.134. The normalized spacial score (nSPS) is 20.6. The molecule has 2 amide bonds. The number of carbonyl (C=O) groups is 2. The number of carbonyl (C=O) groups excluding carboxylic acids is 2. The molecule has 2 fully saturated rings. The first-order chi connectivity index (χ1) is 13.6. The van der Waals surface area contributed by atoms with E-state index >= 15 is 0 Å². The summed E-state index contributed by atoms with van der Waals surface area (Å²) >= 11 is 0. The summed E-state index contributed by atoms with van der Waals surface area (Å²) in [4.78, 5) is 29.4. The molecule has 0 radical (unpaired) electrons. The lowest BCUT2D eigenvalue weighted by Crippen LogP contribution is -2.49. The number of aryl methyl sites for hydroxylation is 1. The van der Waals surface area contributed by atoms with Gasteiger partial charge in [0.05, 0.1) is 0 Å². The van der Waals surface area contributed by atoms with Crippen LogP contribution in [0, 0.1) is 12.8 Å². The molecule has 2 aliphatic rings. The molecule has 0 N–H and O–H groups in total. The van der Waals surface area contributed by atoms with Gasteiger partial charge in [-0.3, -0.25) is 14.5 Å². The highest BCUT2D eigenvalue weighted by atomic mass is 16.2. The van der Waals surface area contributed by atoms with E-state index in [0.717, 1.165) is 43.6 Å². The van der Waals surface area contributed by atoms with Gasteiger partial charge in [-0.25, -0.2) is 0 Å². The first kappa shape index (κ1) is 18.7. The summed E-state index contributed by atoms with van der Waals surface area (Å²) in [6.07, 6.45) is 4.22. The molecular weight excluding hydrogens is 348 g/mol. The first-order valence-electron chi connectivity index (χ1n) is 10.3. The van der Waals surface area contributed by atoms with E-state index < -0.39 is 0 Å². The van der Waals surface area contributed by atoms with Crippen LogP contribution in [0.1, 0.15) is 36.8 Å². The zero-order chi connectivity index (χ0) is 19.5. The molecule has 4 heteroatoms. The molecule has 0 aliphatic carbocycles. The number of hydrogen-bond donors (Lipinski definition) is 0. The molecule has 0 aromatic heterocycles. The number of amides is 2. The Hall–Kier alpha value is -2.62. The highest BCUT2D eigenvalue weighted by Gasteiger charge is 2.39. The third kappa shape index (κ3) is 3.96. The van der Waals surface area contributed by atoms with Crippen molar-refractivity contribution < 1.29 is 9.59 Å². The van der Waals surface area contributed by atoms with Gasteiger partial charge in [0.25, 0.3) is 0 Å². The van der Waals surface area contributed by atoms with Crippen LogP contribution >= 0.6 is 0 Å². The van der Waals surface area contributed by atoms with Crippen LogP contribution in [-0.2, 0) is 16.0 Å². The molecule has 1 unspecified atom stereocenters. The van der Waals surface area contributed by atoms with Crippen molar-refractivity contribution in [1.82, 2.24) is 4.90 Å². The van der Waals surface area contributed by atoms with Gasteiger partial charge in [0.1, 0.15) is 6.04 Å². The van der Waals surface area contributed by atoms with Gasteiger partial charge in [0.15, 0.2) is 0 Å². The number of rotatable bonds is 4. The molecule has 28 heavy (non-hydrogen) atoms. The smallest absolute Gasteiger partial charge is 0.245 e. The van der Waals surface area contributed by atoms with Crippen LogP contribution in [0.25, 0.3) is 0 Å². The lowest BCUT2D eigenvalue weighted by Gasteiger charge is -2.35. The van der Waals surface area contributed by atoms with E-state index in [1.54, 1.807) is 4.90 Å². The molecule has 1 atom stereocenters. The summed E-state index contributed by atoms with van der Waals surface area (Å²) in [5.74, 6) is 0.801. The fourth-order valence-corrected chi connectivity index (χ4v) is 4.46. The van der Waals surface area contributed by atoms with Crippen molar-refractivity contribution in [2.75, 3.05) is 18.0 Å². The second kappa shape index (κ2) is 8.17. The van der Waals surface area contributed by atoms with E-state index in [1.807, 2.05) is 42.2 Å². The summed E-state index contributed by atoms with van der Waals surface area (Å²) in [5.41, 5.74) is 3.36. The molecule has 0 saturated carbocycles. The third-order valence-corrected chi connectivity index (χ3v) is 6.10. The topological polar surface area (TPSA) is 40.6 Å². The van der Waals surface area contributed by atoms with Crippen LogP contribution in [0.2, 0.25) is 0 Å². The average Bonchev–Trinajstić information content (AvgIpc) is 3.11. The van der Waals surface area contributed by atoms with Crippen LogP contribution in [0.5, 0.6) is 0 Å². The van der Waals surface area contributed by atoms with E-state index in [-0.39, 0.29) is 17.9 Å². The van der Waals surface area contributed by atoms with Crippen LogP contribution in [0.15, 0.2) is 54.6 Å². The predicted molar refractivity (Wildman–Crippen MR) is 111 cm³/mol. The molecule has 4 rings (SSSR count). The van der Waals surface area contributed by atoms with Crippen LogP contribution < -0.4 is 4.90 Å². The van der Waals surface area contributed by atoms with Crippen molar-refractivity contribution in [2.45, 2.75) is 45.1 Å². The Labute approximate surface area is 167 Å². The Bertz CT molecular complexity index is 823. The van der Waals surface area contributed by atoms with Crippen LogP contribution in [0.4, 0.5) is 5.69 Å². The van der Waals surface area contributed by atoms with E-state index in [2.05, 4.69) is 24.3 Å². The van der Waals surface area contributed by atoms with Gasteiger partial charge < -0.3 is 4.90 Å². The molecule has 0 spiro atoms. The third-order valence-electron chi connectivity index (χ3n) is 6.10. The van der Waals surface area contributed by atoms with Gasteiger partial charge in [0.2, 0.25) is 11.8 Å². The molecule has 2 aromatic carbocycles. The van der Waals surface area contributed by atoms with Gasteiger partial charge in [-0.05, 0) is 56.2 Å². The molecule has 2 saturated heterocycles. The predicted octanol–water partition coefficient (Wildman–Crippen LogP) is 3.97. The first-order valence-corrected chi connectivity index (χ1v) is 10.3. The Morgan fingerprint density at radius 2 is 1.64 bits per heavy atom. The Morgan fingerprint density at radius 1 is 0.964 bits per heavy atom. The van der Waals surface area contributed by atoms with Crippen molar-refractivity contribution in [3.8, 4) is 0 Å². The van der Waals surface area contributed by atoms with E-state index in [9.17, 15) is 9.59 Å². The number of benzene rings is 2. The SMILES string of the molecule is Cc1ccc(N2C(=O)CCC2C(=O)N2CCC(Cc3ccccc3)CC2)cc1. The standard InChI is InChI=1S/C24H28N2O2/c1-18-7-9-21(10-8-18)26-22(11-12-23(26)27)24(28)25-15-13-20(14-16-25)17-19-5-3-2-4-6-19/h2-10,20,22H,11-17H2,1H3. The van der Waals surface area contributed by atoms with Crippen molar-refractivity contribution >= 4 is 17.5 Å². The van der Waals surface area contributed by atoms with Crippen molar-refractivity contribution in [3.05, 3.63) is 65.7 Å². The van der Waals surface area contributed by atoms with Gasteiger partial charge >= 0.3 is 0 Å². The van der Waals surface area contributed by atoms with Crippen molar-refractivity contribution in [1.29, 1.82) is 0 Å². The van der Waals surface area contributed by atoms with Gasteiger partial charge in [-0.1, -0.05) is 48.0 Å². The highest BCUT2D eigenvalue weighted by molar-refractivity contribution is 6.03. The summed E-state index contributed by atoms with van der Waals surface area (Å²) in [7, 11) is 0. The molecular formula is C24H28N2O2. The van der Waals surface area contributed by atoms with Crippen molar-refractivity contribution in [2.24, 2.45) is 5.92 Å². The summed E-state index contributed by atoms with van der Waals surface area (Å²) < 4.78 is 0.